The van der Waals surface area contributed by atoms with Crippen LogP contribution in [0.2, 0.25) is 0 Å². The molecule has 0 fully saturated rings. The van der Waals surface area contributed by atoms with Gasteiger partial charge in [0.2, 0.25) is 0 Å². The molecule has 0 unspecified atom stereocenters. The lowest BCUT2D eigenvalue weighted by molar-refractivity contribution is 0.102. The highest BCUT2D eigenvalue weighted by Crippen LogP contribution is 2.20. The van der Waals surface area contributed by atoms with Crippen molar-refractivity contribution in [3.63, 3.8) is 0 Å². The lowest BCUT2D eigenvalue weighted by Gasteiger charge is -2.18. The summed E-state index contributed by atoms with van der Waals surface area (Å²) >= 11 is 1.36. The molecule has 150 valence electrons. The van der Waals surface area contributed by atoms with Crippen LogP contribution in [0.3, 0.4) is 0 Å². The van der Waals surface area contributed by atoms with Crippen molar-refractivity contribution in [3.8, 4) is 0 Å². The highest BCUT2D eigenvalue weighted by Gasteiger charge is 2.15. The van der Waals surface area contributed by atoms with Crippen molar-refractivity contribution in [2.24, 2.45) is 0 Å². The molecule has 0 radical (unpaired) electrons. The van der Waals surface area contributed by atoms with Crippen LogP contribution < -0.4 is 10.6 Å². The number of para-hydroxylation sites is 1. The van der Waals surface area contributed by atoms with E-state index in [0.717, 1.165) is 30.9 Å². The molecule has 1 heterocycles. The molecule has 0 atom stereocenters. The zero-order chi connectivity index (χ0) is 20.6. The molecule has 2 N–H and O–H groups in total. The number of thiophene rings is 1. The number of benzene rings is 2. The van der Waals surface area contributed by atoms with Crippen LogP contribution in [0.15, 0.2) is 66.0 Å². The normalized spacial score (nSPS) is 10.7. The predicted molar refractivity (Wildman–Crippen MR) is 120 cm³/mol. The smallest absolute Gasteiger partial charge is 0.265 e. The van der Waals surface area contributed by atoms with E-state index in [1.165, 1.54) is 11.3 Å². The van der Waals surface area contributed by atoms with Crippen molar-refractivity contribution in [2.45, 2.75) is 20.4 Å². The van der Waals surface area contributed by atoms with Gasteiger partial charge in [-0.25, -0.2) is 0 Å². The lowest BCUT2D eigenvalue weighted by atomic mass is 10.1. The summed E-state index contributed by atoms with van der Waals surface area (Å²) in [6.45, 7) is 7.06. The standard InChI is InChI=1S/C23H25N3O2S/c1-3-26(4-2)16-17-9-7-10-18(15-17)24-22(27)19-11-5-6-12-20(19)25-23(28)21-13-8-14-29-21/h5-15H,3-4,16H2,1-2H3,(H,24,27)(H,25,28). The molecule has 0 aliphatic carbocycles. The molecular weight excluding hydrogens is 382 g/mol. The Morgan fingerprint density at radius 3 is 2.41 bits per heavy atom. The van der Waals surface area contributed by atoms with Crippen LogP contribution in [-0.4, -0.2) is 29.8 Å². The summed E-state index contributed by atoms with van der Waals surface area (Å²) in [4.78, 5) is 28.2. The van der Waals surface area contributed by atoms with E-state index in [4.69, 9.17) is 0 Å². The molecule has 0 aliphatic heterocycles. The summed E-state index contributed by atoms with van der Waals surface area (Å²) in [7, 11) is 0. The van der Waals surface area contributed by atoms with E-state index in [1.54, 1.807) is 30.3 Å². The second-order valence-corrected chi connectivity index (χ2v) is 7.54. The molecule has 3 rings (SSSR count). The Morgan fingerprint density at radius 2 is 1.69 bits per heavy atom. The average molecular weight is 408 g/mol. The first-order valence-electron chi connectivity index (χ1n) is 9.67. The number of rotatable bonds is 8. The zero-order valence-corrected chi connectivity index (χ0v) is 17.5. The summed E-state index contributed by atoms with van der Waals surface area (Å²) in [6, 6.07) is 18.5. The van der Waals surface area contributed by atoms with Gasteiger partial charge in [-0.3, -0.25) is 14.5 Å². The molecule has 0 bridgehead atoms. The van der Waals surface area contributed by atoms with Gasteiger partial charge in [-0.1, -0.05) is 44.2 Å². The zero-order valence-electron chi connectivity index (χ0n) is 16.6. The molecule has 3 aromatic rings. The fourth-order valence-electron chi connectivity index (χ4n) is 3.03. The Balaban J connectivity index is 1.74. The maximum atomic E-state index is 12.9. The Hall–Kier alpha value is -2.96. The van der Waals surface area contributed by atoms with Gasteiger partial charge in [0, 0.05) is 12.2 Å². The maximum Gasteiger partial charge on any atom is 0.265 e. The number of anilines is 2. The Kier molecular flexibility index (Phi) is 7.16. The van der Waals surface area contributed by atoms with Crippen molar-refractivity contribution in [1.82, 2.24) is 4.90 Å². The van der Waals surface area contributed by atoms with Gasteiger partial charge in [0.05, 0.1) is 16.1 Å². The number of carbonyl (C=O) groups excluding carboxylic acids is 2. The number of hydrogen-bond donors (Lipinski definition) is 2. The molecule has 6 heteroatoms. The van der Waals surface area contributed by atoms with E-state index in [-0.39, 0.29) is 11.8 Å². The quantitative estimate of drug-likeness (QED) is 0.546. The summed E-state index contributed by atoms with van der Waals surface area (Å²) in [5, 5.41) is 7.63. The Morgan fingerprint density at radius 1 is 0.897 bits per heavy atom. The van der Waals surface area contributed by atoms with Crippen molar-refractivity contribution >= 4 is 34.5 Å². The monoisotopic (exact) mass is 407 g/mol. The maximum absolute atomic E-state index is 12.9. The summed E-state index contributed by atoms with van der Waals surface area (Å²) < 4.78 is 0. The van der Waals surface area contributed by atoms with E-state index in [1.807, 2.05) is 29.6 Å². The third-order valence-corrected chi connectivity index (χ3v) is 5.52. The van der Waals surface area contributed by atoms with Crippen LogP contribution in [0.5, 0.6) is 0 Å². The van der Waals surface area contributed by atoms with Crippen LogP contribution in [0, 0.1) is 0 Å². The van der Waals surface area contributed by atoms with E-state index in [2.05, 4.69) is 35.4 Å². The first kappa shape index (κ1) is 20.8. The van der Waals surface area contributed by atoms with Crippen LogP contribution in [0.4, 0.5) is 11.4 Å². The van der Waals surface area contributed by atoms with E-state index >= 15 is 0 Å². The molecule has 2 amide bonds. The molecule has 0 saturated carbocycles. The third-order valence-electron chi connectivity index (χ3n) is 4.65. The Bertz CT molecular complexity index is 966. The van der Waals surface area contributed by atoms with Crippen LogP contribution in [-0.2, 0) is 6.54 Å². The van der Waals surface area contributed by atoms with E-state index in [0.29, 0.717) is 16.1 Å². The van der Waals surface area contributed by atoms with Gasteiger partial charge in [-0.2, -0.15) is 0 Å². The van der Waals surface area contributed by atoms with Gasteiger partial charge in [-0.05, 0) is 54.4 Å². The molecular formula is C23H25N3O2S. The fourth-order valence-corrected chi connectivity index (χ4v) is 3.65. The Labute approximate surface area is 175 Å². The highest BCUT2D eigenvalue weighted by atomic mass is 32.1. The molecule has 29 heavy (non-hydrogen) atoms. The SMILES string of the molecule is CCN(CC)Cc1cccc(NC(=O)c2ccccc2NC(=O)c2cccs2)c1. The minimum absolute atomic E-state index is 0.221. The van der Waals surface area contributed by atoms with Crippen molar-refractivity contribution < 1.29 is 9.59 Å². The van der Waals surface area contributed by atoms with Gasteiger partial charge in [0.25, 0.3) is 11.8 Å². The van der Waals surface area contributed by atoms with Gasteiger partial charge in [-0.15, -0.1) is 11.3 Å². The third kappa shape index (κ3) is 5.53. The number of nitrogens with one attached hydrogen (secondary N) is 2. The lowest BCUT2D eigenvalue weighted by Crippen LogP contribution is -2.22. The van der Waals surface area contributed by atoms with Gasteiger partial charge in [0.1, 0.15) is 0 Å². The number of nitrogens with zero attached hydrogens (tertiary/aromatic N) is 1. The first-order chi connectivity index (χ1) is 14.1. The van der Waals surface area contributed by atoms with Crippen molar-refractivity contribution in [3.05, 3.63) is 82.0 Å². The average Bonchev–Trinajstić information content (AvgIpc) is 3.28. The molecule has 1 aromatic heterocycles. The number of carbonyl (C=O) groups is 2. The summed E-state index contributed by atoms with van der Waals surface area (Å²) in [5.41, 5.74) is 2.79. The number of hydrogen-bond acceptors (Lipinski definition) is 4. The minimum atomic E-state index is -0.257. The molecule has 2 aromatic carbocycles. The molecule has 0 aliphatic rings. The topological polar surface area (TPSA) is 61.4 Å². The predicted octanol–water partition coefficient (Wildman–Crippen LogP) is 5.09. The highest BCUT2D eigenvalue weighted by molar-refractivity contribution is 7.12. The van der Waals surface area contributed by atoms with Crippen LogP contribution >= 0.6 is 11.3 Å². The summed E-state index contributed by atoms with van der Waals surface area (Å²) in [6.07, 6.45) is 0. The molecule has 0 saturated heterocycles. The summed E-state index contributed by atoms with van der Waals surface area (Å²) in [5.74, 6) is -0.478. The second kappa shape index (κ2) is 10.0. The van der Waals surface area contributed by atoms with Gasteiger partial charge >= 0.3 is 0 Å². The fraction of sp³-hybridized carbons (Fsp3) is 0.217. The first-order valence-corrected chi connectivity index (χ1v) is 10.5. The van der Waals surface area contributed by atoms with Crippen LogP contribution in [0.1, 0.15) is 39.4 Å². The van der Waals surface area contributed by atoms with E-state index in [9.17, 15) is 9.59 Å². The van der Waals surface area contributed by atoms with Crippen molar-refractivity contribution in [1.29, 1.82) is 0 Å². The largest absolute Gasteiger partial charge is 0.322 e. The number of amides is 2. The van der Waals surface area contributed by atoms with Gasteiger partial charge in [0.15, 0.2) is 0 Å². The second-order valence-electron chi connectivity index (χ2n) is 6.59. The minimum Gasteiger partial charge on any atom is -0.322 e. The molecule has 5 nitrogen and oxygen atoms in total. The van der Waals surface area contributed by atoms with E-state index < -0.39 is 0 Å². The van der Waals surface area contributed by atoms with Gasteiger partial charge < -0.3 is 10.6 Å². The van der Waals surface area contributed by atoms with Crippen molar-refractivity contribution in [2.75, 3.05) is 23.7 Å². The molecule has 0 spiro atoms. The van der Waals surface area contributed by atoms with Crippen LogP contribution in [0.25, 0.3) is 0 Å².